The molecule has 2 heteroatoms. The van der Waals surface area contributed by atoms with Crippen molar-refractivity contribution in [2.75, 3.05) is 4.90 Å². The van der Waals surface area contributed by atoms with E-state index in [4.69, 9.17) is 4.42 Å². The molecule has 0 N–H and O–H groups in total. The molecule has 0 amide bonds. The van der Waals surface area contributed by atoms with Crippen molar-refractivity contribution in [2.24, 2.45) is 0 Å². The van der Waals surface area contributed by atoms with Crippen molar-refractivity contribution in [1.29, 1.82) is 0 Å². The van der Waals surface area contributed by atoms with Gasteiger partial charge in [0.15, 0.2) is 0 Å². The van der Waals surface area contributed by atoms with E-state index < -0.39 is 0 Å². The molecular formula is C63H45NO. The molecule has 1 aliphatic carbocycles. The molecule has 0 bridgehead atoms. The minimum Gasteiger partial charge on any atom is -0.456 e. The fourth-order valence-corrected chi connectivity index (χ4v) is 10.5. The van der Waals surface area contributed by atoms with Gasteiger partial charge in [0.2, 0.25) is 0 Å². The van der Waals surface area contributed by atoms with Crippen LogP contribution in [0, 0.1) is 0 Å². The second-order valence-corrected chi connectivity index (χ2v) is 17.6. The molecule has 0 spiro atoms. The summed E-state index contributed by atoms with van der Waals surface area (Å²) < 4.78 is 6.51. The van der Waals surface area contributed by atoms with Gasteiger partial charge in [-0.3, -0.25) is 0 Å². The lowest BCUT2D eigenvalue weighted by atomic mass is 9.79. The molecule has 0 aliphatic heterocycles. The van der Waals surface area contributed by atoms with Gasteiger partial charge < -0.3 is 9.32 Å². The van der Waals surface area contributed by atoms with Crippen LogP contribution >= 0.6 is 0 Å². The number of nitrogens with zero attached hydrogens (tertiary/aromatic N) is 1. The number of benzene rings is 10. The van der Waals surface area contributed by atoms with Gasteiger partial charge in [-0.05, 0) is 115 Å². The first-order valence-corrected chi connectivity index (χ1v) is 22.5. The third-order valence-corrected chi connectivity index (χ3v) is 13.5. The van der Waals surface area contributed by atoms with E-state index in [1.165, 1.54) is 50.1 Å². The highest BCUT2D eigenvalue weighted by atomic mass is 16.3. The molecule has 65 heavy (non-hydrogen) atoms. The second-order valence-electron chi connectivity index (χ2n) is 17.6. The average Bonchev–Trinajstić information content (AvgIpc) is 3.87. The summed E-state index contributed by atoms with van der Waals surface area (Å²) in [5.74, 6) is 0. The van der Waals surface area contributed by atoms with Crippen LogP contribution in [-0.4, -0.2) is 0 Å². The van der Waals surface area contributed by atoms with Crippen molar-refractivity contribution >= 4 is 39.0 Å². The molecule has 0 unspecified atom stereocenters. The van der Waals surface area contributed by atoms with E-state index in [0.29, 0.717) is 0 Å². The van der Waals surface area contributed by atoms with E-state index in [0.717, 1.165) is 66.8 Å². The first kappa shape index (κ1) is 38.5. The summed E-state index contributed by atoms with van der Waals surface area (Å²) in [7, 11) is 0. The van der Waals surface area contributed by atoms with Crippen LogP contribution in [0.25, 0.3) is 88.7 Å². The maximum absolute atomic E-state index is 6.51. The number of para-hydroxylation sites is 1. The number of hydrogen-bond acceptors (Lipinski definition) is 2. The number of rotatable bonds is 8. The molecular weight excluding hydrogens is 787 g/mol. The van der Waals surface area contributed by atoms with Crippen molar-refractivity contribution in [3.8, 4) is 66.8 Å². The van der Waals surface area contributed by atoms with E-state index >= 15 is 0 Å². The molecule has 1 aromatic heterocycles. The molecule has 12 rings (SSSR count). The zero-order valence-corrected chi connectivity index (χ0v) is 36.4. The van der Waals surface area contributed by atoms with E-state index in [1.54, 1.807) is 0 Å². The molecule has 308 valence electrons. The highest BCUT2D eigenvalue weighted by Gasteiger charge is 2.37. The van der Waals surface area contributed by atoms with Gasteiger partial charge in [-0.25, -0.2) is 0 Å². The maximum Gasteiger partial charge on any atom is 0.136 e. The van der Waals surface area contributed by atoms with E-state index in [-0.39, 0.29) is 5.41 Å². The zero-order chi connectivity index (χ0) is 43.5. The largest absolute Gasteiger partial charge is 0.456 e. The van der Waals surface area contributed by atoms with Gasteiger partial charge in [0.05, 0.1) is 5.69 Å². The molecule has 0 saturated heterocycles. The van der Waals surface area contributed by atoms with Crippen LogP contribution in [0.1, 0.15) is 25.0 Å². The van der Waals surface area contributed by atoms with Crippen LogP contribution in [0.15, 0.2) is 241 Å². The minimum absolute atomic E-state index is 0.159. The van der Waals surface area contributed by atoms with Gasteiger partial charge >= 0.3 is 0 Å². The molecule has 0 fully saturated rings. The fraction of sp³-hybridized carbons (Fsp3) is 0.0476. The zero-order valence-electron chi connectivity index (χ0n) is 36.4. The van der Waals surface area contributed by atoms with Crippen molar-refractivity contribution < 1.29 is 4.42 Å². The van der Waals surface area contributed by atoms with E-state index in [1.807, 2.05) is 6.07 Å². The SMILES string of the molecule is CC1(C)c2ccccc2-c2cccc(-c3cccc(N(c4cccc(-c5ccccc5)c4)c4cccc(-c5cccc6oc7ccccc7c56)c4-c4ccc(-c5ccccc5)cc4)c3)c21. The highest BCUT2D eigenvalue weighted by Crippen LogP contribution is 2.53. The standard InChI is InChI=1S/C63H45NO/c1-63(2)56-32-11-9-26-51(56)54-31-15-28-50(62(54)63)47-23-14-25-49(41-47)64(48-24-13-22-46(40-48)43-20-7-4-8-21-43)57-33-16-29-52(53-30-17-35-59-61(53)55-27-10-12-34-58(55)65-59)60(57)45-38-36-44(37-39-45)42-18-5-3-6-19-42/h3-41H,1-2H3. The Labute approximate surface area is 380 Å². The first-order valence-electron chi connectivity index (χ1n) is 22.5. The van der Waals surface area contributed by atoms with Crippen molar-refractivity contribution in [3.63, 3.8) is 0 Å². The minimum atomic E-state index is -0.159. The third kappa shape index (κ3) is 6.49. The Kier molecular flexibility index (Phi) is 9.21. The summed E-state index contributed by atoms with van der Waals surface area (Å²) in [5.41, 5.74) is 21.9. The molecule has 10 aromatic carbocycles. The van der Waals surface area contributed by atoms with Gasteiger partial charge in [-0.15, -0.1) is 0 Å². The Morgan fingerprint density at radius 3 is 1.65 bits per heavy atom. The van der Waals surface area contributed by atoms with Crippen LogP contribution in [-0.2, 0) is 5.41 Å². The number of furan rings is 1. The van der Waals surface area contributed by atoms with Crippen LogP contribution in [0.3, 0.4) is 0 Å². The predicted molar refractivity (Wildman–Crippen MR) is 273 cm³/mol. The monoisotopic (exact) mass is 831 g/mol. The molecule has 0 atom stereocenters. The van der Waals surface area contributed by atoms with E-state index in [2.05, 4.69) is 249 Å². The summed E-state index contributed by atoms with van der Waals surface area (Å²) in [6.07, 6.45) is 0. The van der Waals surface area contributed by atoms with Crippen LogP contribution < -0.4 is 4.90 Å². The third-order valence-electron chi connectivity index (χ3n) is 13.5. The molecule has 0 radical (unpaired) electrons. The quantitative estimate of drug-likeness (QED) is 0.152. The normalized spacial score (nSPS) is 12.6. The lowest BCUT2D eigenvalue weighted by Gasteiger charge is -2.30. The summed E-state index contributed by atoms with van der Waals surface area (Å²) >= 11 is 0. The van der Waals surface area contributed by atoms with Crippen molar-refractivity contribution in [3.05, 3.63) is 248 Å². The number of fused-ring (bicyclic) bond motifs is 6. The topological polar surface area (TPSA) is 16.4 Å². The van der Waals surface area contributed by atoms with Crippen molar-refractivity contribution in [1.82, 2.24) is 0 Å². The molecule has 1 aliphatic rings. The summed E-state index contributed by atoms with van der Waals surface area (Å²) in [5, 5.41) is 2.22. The Balaban J connectivity index is 1.12. The Bertz CT molecular complexity index is 3560. The number of anilines is 3. The maximum atomic E-state index is 6.51. The summed E-state index contributed by atoms with van der Waals surface area (Å²) in [6.45, 7) is 4.74. The Morgan fingerprint density at radius 2 is 0.862 bits per heavy atom. The first-order chi connectivity index (χ1) is 32.0. The molecule has 11 aromatic rings. The average molecular weight is 832 g/mol. The van der Waals surface area contributed by atoms with Crippen LogP contribution in [0.5, 0.6) is 0 Å². The van der Waals surface area contributed by atoms with Gasteiger partial charge in [-0.1, -0.05) is 208 Å². The predicted octanol–water partition coefficient (Wildman–Crippen LogP) is 17.7. The van der Waals surface area contributed by atoms with Gasteiger partial charge in [0.25, 0.3) is 0 Å². The molecule has 1 heterocycles. The van der Waals surface area contributed by atoms with Crippen LogP contribution in [0.2, 0.25) is 0 Å². The van der Waals surface area contributed by atoms with E-state index in [9.17, 15) is 0 Å². The van der Waals surface area contributed by atoms with Crippen LogP contribution in [0.4, 0.5) is 17.1 Å². The van der Waals surface area contributed by atoms with Crippen molar-refractivity contribution in [2.45, 2.75) is 19.3 Å². The Morgan fingerprint density at radius 1 is 0.354 bits per heavy atom. The lowest BCUT2D eigenvalue weighted by molar-refractivity contribution is 0.662. The lowest BCUT2D eigenvalue weighted by Crippen LogP contribution is -2.16. The molecule has 0 saturated carbocycles. The Hall–Kier alpha value is -8.20. The van der Waals surface area contributed by atoms with Gasteiger partial charge in [-0.2, -0.15) is 0 Å². The summed E-state index contributed by atoms with van der Waals surface area (Å²) in [4.78, 5) is 2.47. The molecule has 2 nitrogen and oxygen atoms in total. The number of hydrogen-bond donors (Lipinski definition) is 0. The second kappa shape index (κ2) is 15.6. The van der Waals surface area contributed by atoms with Gasteiger partial charge in [0, 0.05) is 33.1 Å². The summed E-state index contributed by atoms with van der Waals surface area (Å²) in [6, 6.07) is 85.9. The smallest absolute Gasteiger partial charge is 0.136 e. The fourth-order valence-electron chi connectivity index (χ4n) is 10.5. The highest BCUT2D eigenvalue weighted by molar-refractivity contribution is 6.14. The van der Waals surface area contributed by atoms with Gasteiger partial charge in [0.1, 0.15) is 11.2 Å².